The second kappa shape index (κ2) is 21.0. The Hall–Kier alpha value is -3.48. The van der Waals surface area contributed by atoms with Gasteiger partial charge in [0, 0.05) is 55.1 Å². The van der Waals surface area contributed by atoms with Gasteiger partial charge in [0.05, 0.1) is 39.8 Å². The van der Waals surface area contributed by atoms with Gasteiger partial charge in [0.15, 0.2) is 18.7 Å². The van der Waals surface area contributed by atoms with Gasteiger partial charge in [-0.25, -0.2) is 24.9 Å². The maximum atomic E-state index is 5.09. The number of nitrogens with zero attached hydrogens (tertiary/aromatic N) is 6. The highest BCUT2D eigenvalue weighted by molar-refractivity contribution is 7.10. The molecule has 300 valence electrons. The topological polar surface area (TPSA) is 117 Å². The normalized spacial score (nSPS) is 11.9. The van der Waals surface area contributed by atoms with Crippen LogP contribution in [0.15, 0.2) is 85.1 Å². The van der Waals surface area contributed by atoms with E-state index in [0.717, 1.165) is 17.3 Å². The molecular weight excluding hydrogens is 733 g/mol. The molecule has 0 bridgehead atoms. The Morgan fingerprint density at radius 3 is 1.39 bits per heavy atom. The highest BCUT2D eigenvalue weighted by atomic mass is 32.1. The fraction of sp³-hybridized carbons (Fsp3) is 0.571. The van der Waals surface area contributed by atoms with E-state index in [2.05, 4.69) is 160 Å². The zero-order valence-electron chi connectivity index (χ0n) is 36.1. The van der Waals surface area contributed by atoms with Gasteiger partial charge in [0.25, 0.3) is 0 Å². The Bertz CT molecular complexity index is 1380. The van der Waals surface area contributed by atoms with Crippen LogP contribution in [0.5, 0.6) is 0 Å². The zero-order chi connectivity index (χ0) is 41.4. The van der Waals surface area contributed by atoms with Crippen molar-refractivity contribution in [2.24, 2.45) is 0 Å². The first-order valence-electron chi connectivity index (χ1n) is 18.0. The van der Waals surface area contributed by atoms with Crippen LogP contribution in [-0.4, -0.2) is 29.9 Å². The van der Waals surface area contributed by atoms with Crippen LogP contribution in [0.3, 0.4) is 0 Å². The van der Waals surface area contributed by atoms with E-state index in [1.807, 2.05) is 28.8 Å². The Morgan fingerprint density at radius 2 is 1.17 bits per heavy atom. The van der Waals surface area contributed by atoms with Crippen LogP contribution in [-0.2, 0) is 32.5 Å². The fourth-order valence-corrected chi connectivity index (χ4v) is 5.74. The number of thiazole rings is 3. The Morgan fingerprint density at radius 1 is 0.519 bits per heavy atom. The first-order valence-corrected chi connectivity index (χ1v) is 20.7. The minimum Gasteiger partial charge on any atom is -0.451 e. The van der Waals surface area contributed by atoms with Gasteiger partial charge in [-0.05, 0) is 5.41 Å². The van der Waals surface area contributed by atoms with Crippen LogP contribution >= 0.6 is 34.0 Å². The lowest BCUT2D eigenvalue weighted by molar-refractivity contribution is 0.392. The van der Waals surface area contributed by atoms with E-state index in [4.69, 9.17) is 13.3 Å². The third-order valence-electron chi connectivity index (χ3n) is 6.89. The second-order valence-corrected chi connectivity index (χ2v) is 21.2. The minimum atomic E-state index is 0.0451. The molecule has 0 aliphatic rings. The van der Waals surface area contributed by atoms with E-state index in [1.54, 1.807) is 58.9 Å². The van der Waals surface area contributed by atoms with Crippen molar-refractivity contribution in [2.75, 3.05) is 0 Å². The van der Waals surface area contributed by atoms with Crippen molar-refractivity contribution in [3.8, 4) is 0 Å². The summed E-state index contributed by atoms with van der Waals surface area (Å²) in [5, 5.41) is 5.32. The molecule has 0 fully saturated rings. The minimum absolute atomic E-state index is 0.0451. The number of rotatable bonds is 0. The van der Waals surface area contributed by atoms with Gasteiger partial charge in [-0.3, -0.25) is 4.98 Å². The van der Waals surface area contributed by atoms with E-state index in [9.17, 15) is 0 Å². The Labute approximate surface area is 337 Å². The van der Waals surface area contributed by atoms with Crippen molar-refractivity contribution in [1.29, 1.82) is 0 Å². The molecule has 0 unspecified atom stereocenters. The SMILES string of the molecule is CC(C)(C)c1cnco1.CC(C)(C)c1cncs1.CC(C)(C)c1cocn1.CC(C)(C)c1cscn1.CC(C)(C)c1ncco1.CC(C)(C)c1nccs1. The van der Waals surface area contributed by atoms with E-state index in [0.29, 0.717) is 0 Å². The highest BCUT2D eigenvalue weighted by Gasteiger charge is 2.19. The van der Waals surface area contributed by atoms with Crippen molar-refractivity contribution in [1.82, 2.24) is 29.9 Å². The third kappa shape index (κ3) is 19.7. The summed E-state index contributed by atoms with van der Waals surface area (Å²) in [7, 11) is 0. The van der Waals surface area contributed by atoms with Gasteiger partial charge in [0.1, 0.15) is 18.3 Å². The zero-order valence-corrected chi connectivity index (χ0v) is 38.5. The molecule has 6 aromatic heterocycles. The molecule has 0 saturated heterocycles. The molecule has 0 amide bonds. The van der Waals surface area contributed by atoms with E-state index >= 15 is 0 Å². The summed E-state index contributed by atoms with van der Waals surface area (Å²) in [6, 6.07) is 0. The number of hydrogen-bond donors (Lipinski definition) is 0. The molecule has 6 heterocycles. The summed E-state index contributed by atoms with van der Waals surface area (Å²) in [6.45, 7) is 38.4. The van der Waals surface area contributed by atoms with Crippen molar-refractivity contribution in [3.05, 3.63) is 105 Å². The molecule has 12 heteroatoms. The van der Waals surface area contributed by atoms with Crippen LogP contribution in [0, 0.1) is 0 Å². The molecule has 0 aliphatic carbocycles. The van der Waals surface area contributed by atoms with Crippen LogP contribution < -0.4 is 0 Å². The average molecular weight is 799 g/mol. The van der Waals surface area contributed by atoms with Gasteiger partial charge in [-0.1, -0.05) is 125 Å². The van der Waals surface area contributed by atoms with Crippen LogP contribution in [0.2, 0.25) is 0 Å². The summed E-state index contributed by atoms with van der Waals surface area (Å²) < 4.78 is 15.0. The lowest BCUT2D eigenvalue weighted by atomic mass is 9.93. The van der Waals surface area contributed by atoms with E-state index in [-0.39, 0.29) is 32.5 Å². The number of hydrogen-bond acceptors (Lipinski definition) is 12. The summed E-state index contributed by atoms with van der Waals surface area (Å²) in [6.07, 6.45) is 13.4. The highest BCUT2D eigenvalue weighted by Crippen LogP contribution is 2.25. The van der Waals surface area contributed by atoms with Crippen LogP contribution in [0.1, 0.15) is 158 Å². The molecule has 6 rings (SSSR count). The maximum Gasteiger partial charge on any atom is 0.199 e. The summed E-state index contributed by atoms with van der Waals surface area (Å²) >= 11 is 5.09. The molecular formula is C42H66N6O3S3. The maximum absolute atomic E-state index is 5.09. The molecule has 54 heavy (non-hydrogen) atoms. The summed E-state index contributed by atoms with van der Waals surface area (Å²) in [4.78, 5) is 25.6. The largest absolute Gasteiger partial charge is 0.451 e. The number of aromatic nitrogens is 6. The van der Waals surface area contributed by atoms with Gasteiger partial charge >= 0.3 is 0 Å². The summed E-state index contributed by atoms with van der Waals surface area (Å²) in [5.41, 5.74) is 6.93. The molecule has 0 atom stereocenters. The van der Waals surface area contributed by atoms with Gasteiger partial charge in [0.2, 0.25) is 0 Å². The molecule has 9 nitrogen and oxygen atoms in total. The monoisotopic (exact) mass is 798 g/mol. The van der Waals surface area contributed by atoms with Crippen molar-refractivity contribution >= 4 is 34.0 Å². The van der Waals surface area contributed by atoms with Gasteiger partial charge in [-0.2, -0.15) is 0 Å². The van der Waals surface area contributed by atoms with Gasteiger partial charge < -0.3 is 13.3 Å². The number of oxazole rings is 3. The molecule has 0 aromatic carbocycles. The summed E-state index contributed by atoms with van der Waals surface area (Å²) in [5.74, 6) is 1.73. The fourth-order valence-electron chi connectivity index (χ4n) is 3.53. The first kappa shape index (κ1) is 48.5. The van der Waals surface area contributed by atoms with E-state index in [1.165, 1.54) is 28.4 Å². The van der Waals surface area contributed by atoms with Crippen LogP contribution in [0.4, 0.5) is 0 Å². The second-order valence-electron chi connectivity index (χ2n) is 18.7. The quantitative estimate of drug-likeness (QED) is 0.148. The third-order valence-corrected chi connectivity index (χ3v) is 9.88. The van der Waals surface area contributed by atoms with Crippen LogP contribution in [0.25, 0.3) is 0 Å². The molecule has 0 spiro atoms. The molecule has 0 radical (unpaired) electrons. The van der Waals surface area contributed by atoms with Crippen molar-refractivity contribution in [2.45, 2.75) is 157 Å². The van der Waals surface area contributed by atoms with Crippen molar-refractivity contribution in [3.63, 3.8) is 0 Å². The molecule has 0 N–H and O–H groups in total. The van der Waals surface area contributed by atoms with Gasteiger partial charge in [-0.15, -0.1) is 34.0 Å². The molecule has 6 aromatic rings. The lowest BCUT2D eigenvalue weighted by Crippen LogP contribution is -2.10. The molecule has 0 aliphatic heterocycles. The Kier molecular flexibility index (Phi) is 18.9. The van der Waals surface area contributed by atoms with Crippen molar-refractivity contribution < 1.29 is 13.3 Å². The molecule has 0 saturated carbocycles. The predicted molar refractivity (Wildman–Crippen MR) is 228 cm³/mol. The average Bonchev–Trinajstić information content (AvgIpc) is 3.89. The lowest BCUT2D eigenvalue weighted by Gasteiger charge is -2.13. The predicted octanol–water partition coefficient (Wildman–Crippen LogP) is 13.2. The van der Waals surface area contributed by atoms with E-state index < -0.39 is 0 Å². The Balaban J connectivity index is 0.000000324. The smallest absolute Gasteiger partial charge is 0.199 e. The first-order chi connectivity index (χ1) is 24.6. The standard InChI is InChI=1S/3C7H11NO.3C7H11NS/c1-7(2,3)6-4-9-5-8-6;1-7(2,3)6-4-8-5-9-6;1-7(2,3)6-8-4-5-9-6;1-7(2,3)6-4-9-5-8-6;1-7(2,3)6-4-8-5-9-6;1-7(2,3)6-8-4-5-9-6/h6*4-5H,1-3H3.